The van der Waals surface area contributed by atoms with Crippen LogP contribution in [-0.2, 0) is 6.54 Å². The molecule has 1 amide bonds. The summed E-state index contributed by atoms with van der Waals surface area (Å²) in [5.74, 6) is 0.316. The number of nitrogens with one attached hydrogen (secondary N) is 1. The van der Waals surface area contributed by atoms with E-state index in [-0.39, 0.29) is 24.4 Å². The summed E-state index contributed by atoms with van der Waals surface area (Å²) in [7, 11) is 0. The molecule has 6 nitrogen and oxygen atoms in total. The molecule has 0 saturated heterocycles. The van der Waals surface area contributed by atoms with Gasteiger partial charge in [0, 0.05) is 23.4 Å². The van der Waals surface area contributed by atoms with Gasteiger partial charge >= 0.3 is 0 Å². The lowest BCUT2D eigenvalue weighted by molar-refractivity contribution is 0.0950. The Hall–Kier alpha value is -3.85. The fraction of sp³-hybridized carbons (Fsp3) is 0.208. The molecule has 3 aromatic rings. The predicted molar refractivity (Wildman–Crippen MR) is 113 cm³/mol. The van der Waals surface area contributed by atoms with Crippen molar-refractivity contribution in [1.29, 1.82) is 5.26 Å². The molecule has 1 atom stereocenters. The monoisotopic (exact) mass is 401 g/mol. The first kappa shape index (κ1) is 20.9. The van der Waals surface area contributed by atoms with E-state index in [0.717, 1.165) is 16.8 Å². The molecule has 0 saturated carbocycles. The van der Waals surface area contributed by atoms with Crippen LogP contribution in [0.3, 0.4) is 0 Å². The summed E-state index contributed by atoms with van der Waals surface area (Å²) in [4.78, 5) is 16.5. The Morgan fingerprint density at radius 3 is 2.60 bits per heavy atom. The zero-order valence-electron chi connectivity index (χ0n) is 17.1. The van der Waals surface area contributed by atoms with E-state index in [1.807, 2.05) is 39.0 Å². The zero-order chi connectivity index (χ0) is 21.7. The highest BCUT2D eigenvalue weighted by atomic mass is 16.5. The third-order valence-corrected chi connectivity index (χ3v) is 4.80. The first-order valence-electron chi connectivity index (χ1n) is 9.58. The van der Waals surface area contributed by atoms with Crippen LogP contribution >= 0.6 is 0 Å². The number of ether oxygens (including phenoxy) is 1. The van der Waals surface area contributed by atoms with Crippen molar-refractivity contribution in [2.24, 2.45) is 0 Å². The molecule has 2 aromatic carbocycles. The van der Waals surface area contributed by atoms with Crippen LogP contribution in [0.4, 0.5) is 0 Å². The van der Waals surface area contributed by atoms with Crippen LogP contribution in [0.5, 0.6) is 11.6 Å². The van der Waals surface area contributed by atoms with E-state index in [1.165, 1.54) is 0 Å². The van der Waals surface area contributed by atoms with Crippen LogP contribution in [0.1, 0.15) is 51.3 Å². The number of hydrogen-bond acceptors (Lipinski definition) is 5. The second kappa shape index (κ2) is 9.10. The van der Waals surface area contributed by atoms with E-state index < -0.39 is 0 Å². The minimum Gasteiger partial charge on any atom is -0.493 e. The minimum atomic E-state index is -0.241. The van der Waals surface area contributed by atoms with Crippen molar-refractivity contribution in [3.63, 3.8) is 0 Å². The third-order valence-electron chi connectivity index (χ3n) is 4.80. The summed E-state index contributed by atoms with van der Waals surface area (Å²) in [6, 6.07) is 18.1. The Bertz CT molecular complexity index is 1080. The van der Waals surface area contributed by atoms with Gasteiger partial charge in [-0.15, -0.1) is 0 Å². The topological polar surface area (TPSA) is 95.2 Å². The third kappa shape index (κ3) is 4.95. The van der Waals surface area contributed by atoms with Crippen LogP contribution in [0, 0.1) is 25.2 Å². The largest absolute Gasteiger partial charge is 0.493 e. The number of aryl methyl sites for hydroxylation is 2. The molecule has 0 aliphatic carbocycles. The maximum atomic E-state index is 12.5. The van der Waals surface area contributed by atoms with Gasteiger partial charge in [0.15, 0.2) is 0 Å². The quantitative estimate of drug-likeness (QED) is 0.640. The molecule has 0 bridgehead atoms. The summed E-state index contributed by atoms with van der Waals surface area (Å²) in [6.07, 6.45) is -0.241. The van der Waals surface area contributed by atoms with Crippen LogP contribution in [0.2, 0.25) is 0 Å². The molecule has 30 heavy (non-hydrogen) atoms. The number of pyridine rings is 1. The number of carbonyl (C=O) groups excluding carboxylic acids is 1. The fourth-order valence-corrected chi connectivity index (χ4v) is 3.15. The van der Waals surface area contributed by atoms with Crippen molar-refractivity contribution in [3.8, 4) is 17.7 Å². The summed E-state index contributed by atoms with van der Waals surface area (Å²) in [5.41, 5.74) is 4.16. The summed E-state index contributed by atoms with van der Waals surface area (Å²) in [6.45, 7) is 5.78. The van der Waals surface area contributed by atoms with Crippen molar-refractivity contribution >= 4 is 5.91 Å². The number of nitriles is 1. The molecule has 152 valence electrons. The number of aromatic nitrogens is 1. The second-order valence-electron chi connectivity index (χ2n) is 7.09. The van der Waals surface area contributed by atoms with Gasteiger partial charge in [-0.05, 0) is 68.3 Å². The lowest BCUT2D eigenvalue weighted by Gasteiger charge is -2.16. The number of rotatable bonds is 6. The van der Waals surface area contributed by atoms with Gasteiger partial charge < -0.3 is 15.2 Å². The van der Waals surface area contributed by atoms with Crippen molar-refractivity contribution in [3.05, 3.63) is 88.1 Å². The van der Waals surface area contributed by atoms with Crippen LogP contribution in [0.25, 0.3) is 0 Å². The van der Waals surface area contributed by atoms with Gasteiger partial charge in [-0.25, -0.2) is 4.98 Å². The van der Waals surface area contributed by atoms with E-state index >= 15 is 0 Å². The number of carbonyl (C=O) groups is 1. The molecule has 1 unspecified atom stereocenters. The van der Waals surface area contributed by atoms with Crippen molar-refractivity contribution in [1.82, 2.24) is 10.3 Å². The van der Waals surface area contributed by atoms with Gasteiger partial charge in [0.05, 0.1) is 11.6 Å². The number of hydrogen-bond donors (Lipinski definition) is 2. The molecular formula is C24H23N3O3. The first-order valence-corrected chi connectivity index (χ1v) is 9.58. The average Bonchev–Trinajstić information content (AvgIpc) is 2.73. The lowest BCUT2D eigenvalue weighted by atomic mass is 10.1. The molecule has 0 aliphatic rings. The molecule has 1 aromatic heterocycles. The lowest BCUT2D eigenvalue weighted by Crippen LogP contribution is -2.23. The average molecular weight is 401 g/mol. The van der Waals surface area contributed by atoms with Gasteiger partial charge in [0.1, 0.15) is 11.9 Å². The Morgan fingerprint density at radius 2 is 1.93 bits per heavy atom. The maximum Gasteiger partial charge on any atom is 0.251 e. The Balaban J connectivity index is 1.63. The van der Waals surface area contributed by atoms with E-state index in [2.05, 4.69) is 16.4 Å². The molecular weight excluding hydrogens is 378 g/mol. The smallest absolute Gasteiger partial charge is 0.251 e. The molecule has 6 heteroatoms. The number of aromatic hydroxyl groups is 1. The summed E-state index contributed by atoms with van der Waals surface area (Å²) >= 11 is 0. The van der Waals surface area contributed by atoms with Crippen LogP contribution < -0.4 is 10.1 Å². The van der Waals surface area contributed by atoms with E-state index in [4.69, 9.17) is 10.00 Å². The molecule has 1 heterocycles. The fourth-order valence-electron chi connectivity index (χ4n) is 3.15. The first-order chi connectivity index (χ1) is 14.4. The van der Waals surface area contributed by atoms with Gasteiger partial charge in [-0.2, -0.15) is 5.26 Å². The molecule has 0 aliphatic heterocycles. The van der Waals surface area contributed by atoms with Crippen molar-refractivity contribution in [2.75, 3.05) is 0 Å². The number of amides is 1. The summed E-state index contributed by atoms with van der Waals surface area (Å²) in [5, 5.41) is 21.8. The predicted octanol–water partition coefficient (Wildman–Crippen LogP) is 4.35. The van der Waals surface area contributed by atoms with Crippen LogP contribution in [-0.4, -0.2) is 16.0 Å². The highest BCUT2D eigenvalue weighted by molar-refractivity contribution is 5.94. The van der Waals surface area contributed by atoms with E-state index in [1.54, 1.807) is 36.4 Å². The molecule has 2 N–H and O–H groups in total. The van der Waals surface area contributed by atoms with E-state index in [9.17, 15) is 9.90 Å². The SMILES string of the molecule is Cc1cc(C)c(CNC(=O)c2ccc(C(C)Oc3cccc(C#N)c3)cc2)c(O)n1. The number of nitrogens with zero attached hydrogens (tertiary/aromatic N) is 2. The summed E-state index contributed by atoms with van der Waals surface area (Å²) < 4.78 is 5.90. The second-order valence-corrected chi connectivity index (χ2v) is 7.09. The minimum absolute atomic E-state index is 0.0606. The standard InChI is InChI=1S/C24H23N3O3/c1-15-11-16(2)27-24(29)22(15)14-26-23(28)20-9-7-19(8-10-20)17(3)30-21-6-4-5-18(12-21)13-25/h4-12,17H,14H2,1-3H3,(H,26,28)(H,27,29). The van der Waals surface area contributed by atoms with Gasteiger partial charge in [0.25, 0.3) is 5.91 Å². The number of benzene rings is 2. The molecule has 0 radical (unpaired) electrons. The Labute approximate surface area is 175 Å². The Morgan fingerprint density at radius 1 is 1.20 bits per heavy atom. The van der Waals surface area contributed by atoms with Gasteiger partial charge in [0.2, 0.25) is 5.88 Å². The molecule has 0 spiro atoms. The highest BCUT2D eigenvalue weighted by Crippen LogP contribution is 2.23. The van der Waals surface area contributed by atoms with Gasteiger partial charge in [-0.1, -0.05) is 18.2 Å². The molecule has 3 rings (SSSR count). The van der Waals surface area contributed by atoms with Gasteiger partial charge in [-0.3, -0.25) is 4.79 Å². The van der Waals surface area contributed by atoms with E-state index in [0.29, 0.717) is 22.4 Å². The normalized spacial score (nSPS) is 11.4. The van der Waals surface area contributed by atoms with Crippen molar-refractivity contribution < 1.29 is 14.6 Å². The Kier molecular flexibility index (Phi) is 6.33. The van der Waals surface area contributed by atoms with Crippen molar-refractivity contribution in [2.45, 2.75) is 33.4 Å². The van der Waals surface area contributed by atoms with Crippen LogP contribution in [0.15, 0.2) is 54.6 Å². The maximum absolute atomic E-state index is 12.5. The molecule has 0 fully saturated rings. The highest BCUT2D eigenvalue weighted by Gasteiger charge is 2.13. The zero-order valence-corrected chi connectivity index (χ0v) is 17.1.